The van der Waals surface area contributed by atoms with Crippen molar-refractivity contribution in [3.8, 4) is 0 Å². The average molecular weight is 278 g/mol. The summed E-state index contributed by atoms with van der Waals surface area (Å²) in [6.45, 7) is 1.86. The Kier molecular flexibility index (Phi) is 4.16. The lowest BCUT2D eigenvalue weighted by molar-refractivity contribution is -0.677. The van der Waals surface area contributed by atoms with Gasteiger partial charge in [-0.2, -0.15) is 0 Å². The van der Waals surface area contributed by atoms with Crippen molar-refractivity contribution in [3.05, 3.63) is 29.6 Å². The van der Waals surface area contributed by atoms with Gasteiger partial charge in [-0.3, -0.25) is 4.79 Å². The predicted octanol–water partition coefficient (Wildman–Crippen LogP) is -3.08. The average Bonchev–Trinajstić information content (AvgIpc) is 1.94. The molecule has 66 valence electrons. The van der Waals surface area contributed by atoms with Crippen molar-refractivity contribution in [2.75, 3.05) is 0 Å². The number of rotatable bonds is 1. The third-order valence-electron chi connectivity index (χ3n) is 1.76. The van der Waals surface area contributed by atoms with E-state index in [1.165, 1.54) is 0 Å². The van der Waals surface area contributed by atoms with Crippen LogP contribution in [0.2, 0.25) is 0 Å². The summed E-state index contributed by atoms with van der Waals surface area (Å²) < 4.78 is 1.86. The lowest BCUT2D eigenvalue weighted by Crippen LogP contribution is -3.00. The summed E-state index contributed by atoms with van der Waals surface area (Å²) in [5, 5.41) is 0. The van der Waals surface area contributed by atoms with Gasteiger partial charge in [-0.25, -0.2) is 4.57 Å². The van der Waals surface area contributed by atoms with Crippen LogP contribution in [0.5, 0.6) is 0 Å². The summed E-state index contributed by atoms with van der Waals surface area (Å²) in [5.74, 6) is -0.376. The van der Waals surface area contributed by atoms with Gasteiger partial charge in [-0.15, -0.1) is 0 Å². The highest BCUT2D eigenvalue weighted by Crippen LogP contribution is 1.98. The quantitative estimate of drug-likeness (QED) is 0.430. The predicted molar refractivity (Wildman–Crippen MR) is 40.9 cm³/mol. The number of hydrogen-bond acceptors (Lipinski definition) is 1. The van der Waals surface area contributed by atoms with Crippen LogP contribution in [0.3, 0.4) is 0 Å². The van der Waals surface area contributed by atoms with Crippen molar-refractivity contribution in [2.45, 2.75) is 6.92 Å². The van der Waals surface area contributed by atoms with Crippen LogP contribution < -0.4 is 34.3 Å². The third kappa shape index (κ3) is 2.17. The number of nitrogens with zero attached hydrogens (tertiary/aromatic N) is 1. The molecule has 0 aliphatic carbocycles. The van der Waals surface area contributed by atoms with Crippen LogP contribution in [0, 0.1) is 6.92 Å². The maximum absolute atomic E-state index is 10.8. The van der Waals surface area contributed by atoms with Gasteiger partial charge in [0, 0.05) is 13.0 Å². The van der Waals surface area contributed by atoms with Crippen LogP contribution in [0.4, 0.5) is 0 Å². The Morgan fingerprint density at radius 1 is 1.58 bits per heavy atom. The van der Waals surface area contributed by atoms with E-state index in [-0.39, 0.29) is 29.9 Å². The highest BCUT2D eigenvalue weighted by Gasteiger charge is 2.10. The lowest BCUT2D eigenvalue weighted by atomic mass is 10.2. The molecule has 1 aromatic heterocycles. The van der Waals surface area contributed by atoms with Crippen molar-refractivity contribution in [1.29, 1.82) is 0 Å². The van der Waals surface area contributed by atoms with Gasteiger partial charge in [0.25, 0.3) is 5.91 Å². The molecule has 0 atom stereocenters. The molecule has 0 saturated carbocycles. The zero-order valence-electron chi connectivity index (χ0n) is 7.04. The number of nitrogens with two attached hydrogens (primary N) is 1. The Hall–Kier alpha value is -0.650. The van der Waals surface area contributed by atoms with Gasteiger partial charge in [0.1, 0.15) is 12.6 Å². The molecule has 0 radical (unpaired) electrons. The number of amides is 1. The maximum atomic E-state index is 10.8. The van der Waals surface area contributed by atoms with Gasteiger partial charge < -0.3 is 29.7 Å². The fraction of sp³-hybridized carbons (Fsp3) is 0.250. The second-order valence-corrected chi connectivity index (χ2v) is 2.48. The molecule has 12 heavy (non-hydrogen) atoms. The molecule has 0 bridgehead atoms. The first-order chi connectivity index (χ1) is 5.13. The first-order valence-electron chi connectivity index (χ1n) is 3.38. The summed E-state index contributed by atoms with van der Waals surface area (Å²) in [6, 6.07) is 3.52. The minimum absolute atomic E-state index is 0. The lowest BCUT2D eigenvalue weighted by Gasteiger charge is -1.97. The summed E-state index contributed by atoms with van der Waals surface area (Å²) in [6.07, 6.45) is 1.88. The second-order valence-electron chi connectivity index (χ2n) is 2.48. The molecule has 0 aromatic carbocycles. The normalized spacial score (nSPS) is 8.83. The van der Waals surface area contributed by atoms with Crippen LogP contribution >= 0.6 is 0 Å². The zero-order chi connectivity index (χ0) is 8.43. The Morgan fingerprint density at radius 2 is 2.17 bits per heavy atom. The van der Waals surface area contributed by atoms with Gasteiger partial charge in [-0.1, -0.05) is 0 Å². The van der Waals surface area contributed by atoms with Crippen molar-refractivity contribution >= 4 is 5.91 Å². The van der Waals surface area contributed by atoms with Crippen molar-refractivity contribution in [3.63, 3.8) is 0 Å². The van der Waals surface area contributed by atoms with Gasteiger partial charge in [-0.05, 0) is 6.07 Å². The maximum Gasteiger partial charge on any atom is 0.255 e. The number of carbonyl (C=O) groups is 1. The van der Waals surface area contributed by atoms with Crippen molar-refractivity contribution < 1.29 is 33.3 Å². The number of aryl methyl sites for hydroxylation is 1. The van der Waals surface area contributed by atoms with E-state index in [1.807, 2.05) is 24.7 Å². The number of halogens is 1. The van der Waals surface area contributed by atoms with Crippen LogP contribution in [0.15, 0.2) is 18.3 Å². The molecule has 0 fully saturated rings. The topological polar surface area (TPSA) is 47.0 Å². The Bertz CT molecular complexity index is 299. The molecular weight excluding hydrogens is 267 g/mol. The number of aromatic nitrogens is 1. The summed E-state index contributed by atoms with van der Waals surface area (Å²) >= 11 is 0. The van der Waals surface area contributed by atoms with Gasteiger partial charge in [0.15, 0.2) is 11.9 Å². The molecule has 1 amide bonds. The minimum Gasteiger partial charge on any atom is -1.00 e. The van der Waals surface area contributed by atoms with E-state index in [1.54, 1.807) is 12.1 Å². The van der Waals surface area contributed by atoms with E-state index in [9.17, 15) is 4.79 Å². The van der Waals surface area contributed by atoms with E-state index in [0.29, 0.717) is 5.56 Å². The number of primary amides is 1. The monoisotopic (exact) mass is 278 g/mol. The standard InChI is InChI=1S/C8H10N2O.HI/c1-6-7(8(9)11)4-3-5-10(6)2;/h3-5H,1-2H3,(H-,9,11);1H. The second kappa shape index (κ2) is 4.39. The molecule has 0 unspecified atom stereocenters. The third-order valence-corrected chi connectivity index (χ3v) is 1.76. The van der Waals surface area contributed by atoms with E-state index < -0.39 is 0 Å². The van der Waals surface area contributed by atoms with E-state index in [4.69, 9.17) is 5.73 Å². The largest absolute Gasteiger partial charge is 1.00 e. The first-order valence-corrected chi connectivity index (χ1v) is 3.38. The summed E-state index contributed by atoms with van der Waals surface area (Å²) in [5.41, 5.74) is 6.60. The fourth-order valence-electron chi connectivity index (χ4n) is 0.951. The highest BCUT2D eigenvalue weighted by atomic mass is 127. The molecule has 4 heteroatoms. The van der Waals surface area contributed by atoms with Crippen molar-refractivity contribution in [1.82, 2.24) is 0 Å². The molecule has 0 spiro atoms. The van der Waals surface area contributed by atoms with Gasteiger partial charge >= 0.3 is 0 Å². The number of pyridine rings is 1. The van der Waals surface area contributed by atoms with Gasteiger partial charge in [0.2, 0.25) is 0 Å². The molecular formula is C8H11IN2O. The Balaban J connectivity index is 0.00000121. The van der Waals surface area contributed by atoms with Gasteiger partial charge in [0.05, 0.1) is 0 Å². The Labute approximate surface area is 88.6 Å². The number of hydrogen-bond donors (Lipinski definition) is 1. The van der Waals surface area contributed by atoms with E-state index >= 15 is 0 Å². The highest BCUT2D eigenvalue weighted by molar-refractivity contribution is 5.93. The molecule has 1 aromatic rings. The fourth-order valence-corrected chi connectivity index (χ4v) is 0.951. The molecule has 1 heterocycles. The zero-order valence-corrected chi connectivity index (χ0v) is 9.20. The van der Waals surface area contributed by atoms with E-state index in [2.05, 4.69) is 0 Å². The van der Waals surface area contributed by atoms with Crippen LogP contribution in [0.25, 0.3) is 0 Å². The molecule has 0 saturated heterocycles. The number of carbonyl (C=O) groups excluding carboxylic acids is 1. The molecule has 3 nitrogen and oxygen atoms in total. The SMILES string of the molecule is Cc1c(C(N)=O)ccc[n+]1C.[I-]. The summed E-state index contributed by atoms with van der Waals surface area (Å²) in [7, 11) is 1.88. The van der Waals surface area contributed by atoms with Crippen molar-refractivity contribution in [2.24, 2.45) is 12.8 Å². The minimum atomic E-state index is -0.376. The van der Waals surface area contributed by atoms with Crippen LogP contribution in [-0.4, -0.2) is 5.91 Å². The molecule has 2 N–H and O–H groups in total. The van der Waals surface area contributed by atoms with E-state index in [0.717, 1.165) is 5.69 Å². The molecule has 0 aliphatic heterocycles. The molecule has 0 aliphatic rings. The molecule has 1 rings (SSSR count). The summed E-state index contributed by atoms with van der Waals surface area (Å²) in [4.78, 5) is 10.8. The van der Waals surface area contributed by atoms with Crippen LogP contribution in [-0.2, 0) is 7.05 Å². The van der Waals surface area contributed by atoms with Crippen LogP contribution in [0.1, 0.15) is 16.1 Å². The first kappa shape index (κ1) is 11.4. The Morgan fingerprint density at radius 3 is 2.58 bits per heavy atom. The smallest absolute Gasteiger partial charge is 0.255 e.